The molecule has 696 valence electrons. The predicted octanol–water partition coefficient (Wildman–Crippen LogP) is 20.6. The van der Waals surface area contributed by atoms with E-state index in [1.54, 1.807) is 6.92 Å². The fraction of sp³-hybridized carbons (Fsp3) is 0.0873. The molecule has 14 heteroatoms. The van der Waals surface area contributed by atoms with Crippen LogP contribution in [0.2, 0.25) is 52.4 Å². The molecule has 18 rings (SSSR count). The Morgan fingerprint density at radius 2 is 0.314 bits per heavy atom. The number of carbonyl (C=O) groups is 7. The molecule has 0 radical (unpaired) electrons. The van der Waals surface area contributed by atoms with Gasteiger partial charge in [-0.05, 0) is 75.6 Å². The number of hydrogen-bond donors (Lipinski definition) is 0. The summed E-state index contributed by atoms with van der Waals surface area (Å²) in [5, 5.41) is 16.9. The standard InChI is InChI=1S/C25H20OSi.3C20H18OSi.C16H18OSi.C15H16OSi.C10H14OSi/c26-25(21-13-5-1-6-14-21)27(22-15-7-2-8-16-22,23-17-9-3-10-18-23)24-19-11-4-12-20-24;2*1-22(18-13-7-3-8-14-18,19-15-9-4-10-16-19)20(21)17-11-5-2-6-12-17;1-17(21)22(18-11-5-2-6-12-18,19-13-7-3-8-14-19)20-15-9-4-10-16-20;1-3-16(17)18(2,14-10-6-4-7-11-14)15-12-8-5-9-13-15;1-17(2,14-11-7-4-8-12-14)15(16)13-9-5-3-6-10-13;1-12(2,3)10(11)9-7-5-4-6-8-9/h1-20H;3*2-16H,1H3;4-13H,3H2,1-2H3;3-12H,1-2H3;4-8H,1-3H3. The van der Waals surface area contributed by atoms with Crippen molar-refractivity contribution in [3.8, 4) is 0 Å². The highest BCUT2D eigenvalue weighted by molar-refractivity contribution is 7.31. The van der Waals surface area contributed by atoms with Crippen molar-refractivity contribution < 1.29 is 33.6 Å². The smallest absolute Gasteiger partial charge is 0.230 e. The fourth-order valence-corrected chi connectivity index (χ4v) is 40.0. The number of carbonyl (C=O) groups excluding carboxylic acids is 7. The van der Waals surface area contributed by atoms with Gasteiger partial charge in [0.2, 0.25) is 16.1 Å². The largest absolute Gasteiger partial charge is 0.305 e. The van der Waals surface area contributed by atoms with Gasteiger partial charge in [0.1, 0.15) is 29.7 Å². The topological polar surface area (TPSA) is 119 Å². The van der Waals surface area contributed by atoms with Crippen LogP contribution >= 0.6 is 0 Å². The van der Waals surface area contributed by atoms with Gasteiger partial charge in [-0.25, -0.2) is 0 Å². The van der Waals surface area contributed by atoms with Crippen molar-refractivity contribution in [1.29, 1.82) is 0 Å². The maximum Gasteiger partial charge on any atom is 0.230 e. The summed E-state index contributed by atoms with van der Waals surface area (Å²) in [4.78, 5) is 90.5. The number of hydrogen-bond acceptors (Lipinski definition) is 7. The van der Waals surface area contributed by atoms with Gasteiger partial charge in [0.25, 0.3) is 0 Å². The minimum absolute atomic E-state index is 0.215. The molecule has 0 bridgehead atoms. The zero-order valence-corrected chi connectivity index (χ0v) is 88.5. The summed E-state index contributed by atoms with van der Waals surface area (Å²) in [6.45, 7) is 20.6. The van der Waals surface area contributed by atoms with Crippen LogP contribution in [0.1, 0.15) is 72.1 Å². The molecule has 0 aliphatic rings. The predicted molar refractivity (Wildman–Crippen MR) is 606 cm³/mol. The third kappa shape index (κ3) is 25.0. The summed E-state index contributed by atoms with van der Waals surface area (Å²) in [6, 6.07) is 181. The van der Waals surface area contributed by atoms with Gasteiger partial charge in [-0.3, -0.25) is 19.2 Å². The monoisotopic (exact) mass is 1940 g/mol. The van der Waals surface area contributed by atoms with Gasteiger partial charge in [0, 0.05) is 27.8 Å². The second-order valence-electron chi connectivity index (χ2n) is 36.3. The molecular formula is C126H122O7Si7. The third-order valence-corrected chi connectivity index (χ3v) is 52.8. The second-order valence-corrected chi connectivity index (χ2v) is 64.9. The lowest BCUT2D eigenvalue weighted by atomic mass is 10.2. The van der Waals surface area contributed by atoms with Gasteiger partial charge in [-0.15, -0.1) is 0 Å². The normalized spacial score (nSPS) is 11.2. The molecule has 0 aliphatic heterocycles. The minimum Gasteiger partial charge on any atom is -0.305 e. The minimum atomic E-state index is -2.91. The van der Waals surface area contributed by atoms with Crippen LogP contribution in [0.25, 0.3) is 0 Å². The molecule has 0 spiro atoms. The van der Waals surface area contributed by atoms with Crippen LogP contribution < -0.4 is 67.4 Å². The maximum atomic E-state index is 14.1. The Morgan fingerprint density at radius 1 is 0.164 bits per heavy atom. The molecular weight excluding hydrogens is 1820 g/mol. The molecule has 18 aromatic carbocycles. The van der Waals surface area contributed by atoms with Crippen molar-refractivity contribution in [2.24, 2.45) is 0 Å². The number of rotatable bonds is 26. The van der Waals surface area contributed by atoms with E-state index in [1.807, 2.05) is 395 Å². The lowest BCUT2D eigenvalue weighted by molar-refractivity contribution is -0.112. The quantitative estimate of drug-likeness (QED) is 0.0391. The van der Waals surface area contributed by atoms with Crippen molar-refractivity contribution in [1.82, 2.24) is 0 Å². The first kappa shape index (κ1) is 104. The molecule has 0 amide bonds. The van der Waals surface area contributed by atoms with Gasteiger partial charge in [-0.2, -0.15) is 0 Å². The molecule has 0 aromatic heterocycles. The van der Waals surface area contributed by atoms with E-state index < -0.39 is 56.5 Å². The Bertz CT molecular complexity index is 6440. The summed E-state index contributed by atoms with van der Waals surface area (Å²) in [5.41, 5.74) is 4.04. The Hall–Kier alpha value is -14.8. The first-order valence-electron chi connectivity index (χ1n) is 47.6. The zero-order valence-electron chi connectivity index (χ0n) is 81.5. The van der Waals surface area contributed by atoms with Gasteiger partial charge >= 0.3 is 0 Å². The van der Waals surface area contributed by atoms with E-state index >= 15 is 0 Å². The molecule has 0 saturated heterocycles. The Morgan fingerprint density at radius 3 is 0.500 bits per heavy atom. The lowest BCUT2D eigenvalue weighted by Gasteiger charge is -2.32. The summed E-state index contributed by atoms with van der Waals surface area (Å²) in [7, 11) is -16.5. The average molecular weight is 1940 g/mol. The summed E-state index contributed by atoms with van der Waals surface area (Å²) in [5.74, 6) is 0. The summed E-state index contributed by atoms with van der Waals surface area (Å²) >= 11 is 0. The summed E-state index contributed by atoms with van der Waals surface area (Å²) in [6.07, 6.45) is 0.604. The van der Waals surface area contributed by atoms with Crippen molar-refractivity contribution in [2.75, 3.05) is 0 Å². The number of benzene rings is 18. The van der Waals surface area contributed by atoms with Crippen LogP contribution in [0.3, 0.4) is 0 Å². The van der Waals surface area contributed by atoms with Crippen LogP contribution in [0.4, 0.5) is 0 Å². The van der Waals surface area contributed by atoms with Crippen LogP contribution in [0, 0.1) is 0 Å². The average Bonchev–Trinajstić information content (AvgIpc) is 0.729. The Kier molecular flexibility index (Phi) is 37.5. The SMILES string of the molecule is CC(=O)[Si](c1ccccc1)(c1ccccc1)c1ccccc1.CCC(=O)[Si](C)(c1ccccc1)c1ccccc1.C[Si](C(=O)c1ccccc1)(c1ccccc1)c1ccccc1.C[Si](C(=O)c1ccccc1)(c1ccccc1)c1ccccc1.C[Si](C)(C(=O)c1ccccc1)c1ccccc1.C[Si](C)(C)C(=O)c1ccccc1.O=C(c1ccccc1)[Si](c1ccccc1)(c1ccccc1)c1ccccc1. The van der Waals surface area contributed by atoms with Crippen LogP contribution in [-0.2, 0) is 9.59 Å². The second kappa shape index (κ2) is 50.5. The van der Waals surface area contributed by atoms with E-state index in [0.29, 0.717) is 22.6 Å². The maximum absolute atomic E-state index is 14.1. The van der Waals surface area contributed by atoms with E-state index in [4.69, 9.17) is 0 Å². The van der Waals surface area contributed by atoms with Crippen LogP contribution in [-0.4, -0.2) is 94.4 Å². The molecule has 0 saturated carbocycles. The Labute approximate surface area is 835 Å². The summed E-state index contributed by atoms with van der Waals surface area (Å²) < 4.78 is 0. The first-order valence-corrected chi connectivity index (χ1v) is 65.6. The van der Waals surface area contributed by atoms with Crippen molar-refractivity contribution in [3.63, 3.8) is 0 Å². The molecule has 0 heterocycles. The van der Waals surface area contributed by atoms with E-state index in [1.165, 1.54) is 15.6 Å². The molecule has 0 unspecified atom stereocenters. The van der Waals surface area contributed by atoms with Crippen molar-refractivity contribution >= 4 is 162 Å². The molecule has 140 heavy (non-hydrogen) atoms. The molecule has 0 atom stereocenters. The third-order valence-electron chi connectivity index (χ3n) is 25.9. The highest BCUT2D eigenvalue weighted by Gasteiger charge is 2.49. The Balaban J connectivity index is 0.000000148. The molecule has 18 aromatic rings. The van der Waals surface area contributed by atoms with E-state index in [-0.39, 0.29) is 21.6 Å². The van der Waals surface area contributed by atoms with Crippen molar-refractivity contribution in [2.45, 2.75) is 72.6 Å². The van der Waals surface area contributed by atoms with Crippen LogP contribution in [0.15, 0.2) is 546 Å². The highest BCUT2D eigenvalue weighted by Crippen LogP contribution is 2.22. The van der Waals surface area contributed by atoms with E-state index in [0.717, 1.165) is 79.7 Å². The van der Waals surface area contributed by atoms with Crippen molar-refractivity contribution in [3.05, 3.63) is 574 Å². The highest BCUT2D eigenvalue weighted by atomic mass is 28.3. The van der Waals surface area contributed by atoms with Gasteiger partial charge < -0.3 is 14.4 Å². The van der Waals surface area contributed by atoms with E-state index in [9.17, 15) is 33.6 Å². The van der Waals surface area contributed by atoms with Gasteiger partial charge in [0.15, 0.2) is 48.5 Å². The fourth-order valence-electron chi connectivity index (χ4n) is 18.0. The molecule has 0 N–H and O–H groups in total. The van der Waals surface area contributed by atoms with Crippen LogP contribution in [0.5, 0.6) is 0 Å². The molecule has 7 nitrogen and oxygen atoms in total. The molecule has 0 fully saturated rings. The molecule has 0 aliphatic carbocycles. The van der Waals surface area contributed by atoms with E-state index in [2.05, 4.69) is 210 Å². The van der Waals surface area contributed by atoms with Gasteiger partial charge in [0.05, 0.1) is 0 Å². The zero-order chi connectivity index (χ0) is 99.3. The first-order chi connectivity index (χ1) is 67.9. The lowest BCUT2D eigenvalue weighted by Crippen LogP contribution is -2.72. The van der Waals surface area contributed by atoms with Gasteiger partial charge in [-0.1, -0.05) is 610 Å².